The zero-order chi connectivity index (χ0) is 37.7. The molecule has 5 aromatic rings. The second-order valence-corrected chi connectivity index (χ2v) is 17.5. The Hall–Kier alpha value is -4.45. The first-order chi connectivity index (χ1) is 25.3. The van der Waals surface area contributed by atoms with Crippen molar-refractivity contribution >= 4 is 44.4 Å². The summed E-state index contributed by atoms with van der Waals surface area (Å²) < 4.78 is 31.5. The van der Waals surface area contributed by atoms with Crippen LogP contribution in [0.1, 0.15) is 61.1 Å². The van der Waals surface area contributed by atoms with Gasteiger partial charge >= 0.3 is 0 Å². The lowest BCUT2D eigenvalue weighted by atomic mass is 9.70. The molecule has 1 fully saturated rings. The number of sulfonamides is 1. The van der Waals surface area contributed by atoms with Crippen molar-refractivity contribution in [1.29, 1.82) is 0 Å². The van der Waals surface area contributed by atoms with E-state index in [4.69, 9.17) is 23.2 Å². The monoisotopic (exact) mass is 755 g/mol. The van der Waals surface area contributed by atoms with Gasteiger partial charge in [-0.25, -0.2) is 8.42 Å². The molecule has 0 saturated heterocycles. The Morgan fingerprint density at radius 1 is 0.755 bits per heavy atom. The number of nitrogens with zero attached hydrogens (tertiary/aromatic N) is 1. The average Bonchev–Trinajstić information content (AvgIpc) is 3.53. The van der Waals surface area contributed by atoms with Crippen LogP contribution in [0.5, 0.6) is 0 Å². The van der Waals surface area contributed by atoms with Crippen LogP contribution in [-0.2, 0) is 15.4 Å². The molecule has 0 spiro atoms. The maximum Gasteiger partial charge on any atom is 0.243 e. The Labute approximate surface area is 324 Å². The second-order valence-electron chi connectivity index (χ2n) is 14.7. The third-order valence-electron chi connectivity index (χ3n) is 10.7. The van der Waals surface area contributed by atoms with Gasteiger partial charge < -0.3 is 0 Å². The van der Waals surface area contributed by atoms with Gasteiger partial charge in [0.2, 0.25) is 10.0 Å². The van der Waals surface area contributed by atoms with E-state index in [0.717, 1.165) is 61.2 Å². The van der Waals surface area contributed by atoms with Crippen molar-refractivity contribution in [3.05, 3.63) is 206 Å². The van der Waals surface area contributed by atoms with Gasteiger partial charge in [0.05, 0.1) is 10.3 Å². The predicted molar refractivity (Wildman–Crippen MR) is 222 cm³/mol. The fraction of sp³-hybridized carbons (Fsp3) is 0.191. The molecule has 0 N–H and O–H groups in total. The zero-order valence-electron chi connectivity index (χ0n) is 30.8. The van der Waals surface area contributed by atoms with Crippen LogP contribution in [0.15, 0.2) is 167 Å². The predicted octanol–water partition coefficient (Wildman–Crippen LogP) is 12.1. The van der Waals surface area contributed by atoms with Gasteiger partial charge in [0.15, 0.2) is 0 Å². The summed E-state index contributed by atoms with van der Waals surface area (Å²) in [6.07, 6.45) is 1.68. The standard InChI is InChI=1S/C47H43Cl2NO2S/c1-7-28-50(53(51,52)38-25-18-32(4)19-26-38)30-47-40-29-37(49)24-27-39(40)42(35-20-22-36(48)23-21-35)45(47)46(5,6)43(31(2)3)44(47)41(33-14-10-8-11-15-33)34-16-12-9-13-17-34/h7-27,29H,1,28,30H2,2-6H3. The fourth-order valence-corrected chi connectivity index (χ4v) is 10.6. The van der Waals surface area contributed by atoms with Crippen LogP contribution in [-0.4, -0.2) is 25.8 Å². The minimum Gasteiger partial charge on any atom is -0.207 e. The van der Waals surface area contributed by atoms with Crippen molar-refractivity contribution in [3.63, 3.8) is 0 Å². The van der Waals surface area contributed by atoms with Crippen LogP contribution >= 0.6 is 23.2 Å². The molecule has 2 aliphatic carbocycles. The van der Waals surface area contributed by atoms with E-state index in [2.05, 4.69) is 107 Å². The number of hydrogen-bond acceptors (Lipinski definition) is 2. The zero-order valence-corrected chi connectivity index (χ0v) is 33.1. The summed E-state index contributed by atoms with van der Waals surface area (Å²) in [6, 6.07) is 42.1. The van der Waals surface area contributed by atoms with Crippen molar-refractivity contribution in [3.8, 4) is 0 Å². The minimum absolute atomic E-state index is 0.112. The van der Waals surface area contributed by atoms with E-state index in [1.807, 2.05) is 49.4 Å². The van der Waals surface area contributed by atoms with Gasteiger partial charge in [0.1, 0.15) is 0 Å². The van der Waals surface area contributed by atoms with E-state index in [0.29, 0.717) is 10.0 Å². The van der Waals surface area contributed by atoms with Crippen molar-refractivity contribution < 1.29 is 8.42 Å². The largest absolute Gasteiger partial charge is 0.243 e. The smallest absolute Gasteiger partial charge is 0.207 e. The minimum atomic E-state index is -4.01. The van der Waals surface area contributed by atoms with Crippen LogP contribution in [0.4, 0.5) is 0 Å². The molecule has 0 bridgehead atoms. The molecular weight excluding hydrogens is 713 g/mol. The van der Waals surface area contributed by atoms with Gasteiger partial charge in [-0.05, 0) is 113 Å². The summed E-state index contributed by atoms with van der Waals surface area (Å²) in [6.45, 7) is 15.2. The van der Waals surface area contributed by atoms with Gasteiger partial charge in [-0.1, -0.05) is 145 Å². The normalized spacial score (nSPS) is 17.6. The first-order valence-corrected chi connectivity index (χ1v) is 20.0. The van der Waals surface area contributed by atoms with E-state index < -0.39 is 20.9 Å². The summed E-state index contributed by atoms with van der Waals surface area (Å²) in [5.41, 5.74) is 11.2. The quantitative estimate of drug-likeness (QED) is 0.140. The van der Waals surface area contributed by atoms with Crippen LogP contribution in [0, 0.1) is 12.3 Å². The molecule has 268 valence electrons. The highest BCUT2D eigenvalue weighted by Gasteiger charge is 2.62. The summed E-state index contributed by atoms with van der Waals surface area (Å²) in [4.78, 5) is 0.241. The van der Waals surface area contributed by atoms with E-state index in [1.54, 1.807) is 22.5 Å². The van der Waals surface area contributed by atoms with E-state index in [1.165, 1.54) is 5.57 Å². The molecule has 5 aromatic carbocycles. The molecule has 1 atom stereocenters. The molecule has 1 unspecified atom stereocenters. The SMILES string of the molecule is C=CCN(CC12C(=C(c3ccccc3)c3ccccc3)C(=C(C)C)C(C)(C)C1=C(c1ccc(Cl)cc1)c1ccc(Cl)cc12)S(=O)(=O)c1ccc(C)cc1. The highest BCUT2D eigenvalue weighted by molar-refractivity contribution is 7.89. The molecule has 6 heteroatoms. The van der Waals surface area contributed by atoms with Crippen LogP contribution in [0.25, 0.3) is 11.1 Å². The number of rotatable bonds is 9. The molecule has 0 heterocycles. The van der Waals surface area contributed by atoms with Crippen LogP contribution < -0.4 is 0 Å². The summed E-state index contributed by atoms with van der Waals surface area (Å²) >= 11 is 13.5. The lowest BCUT2D eigenvalue weighted by Crippen LogP contribution is -2.44. The second kappa shape index (κ2) is 14.1. The van der Waals surface area contributed by atoms with E-state index >= 15 is 0 Å². The van der Waals surface area contributed by atoms with Gasteiger partial charge in [-0.15, -0.1) is 6.58 Å². The van der Waals surface area contributed by atoms with Crippen molar-refractivity contribution in [2.75, 3.05) is 13.1 Å². The fourth-order valence-electron chi connectivity index (χ4n) is 8.88. The maximum absolute atomic E-state index is 15.0. The molecular formula is C47H43Cl2NO2S. The molecule has 53 heavy (non-hydrogen) atoms. The van der Waals surface area contributed by atoms with Gasteiger partial charge in [-0.3, -0.25) is 0 Å². The van der Waals surface area contributed by atoms with Crippen molar-refractivity contribution in [2.45, 2.75) is 44.9 Å². The summed E-state index contributed by atoms with van der Waals surface area (Å²) in [5.74, 6) is 0. The van der Waals surface area contributed by atoms with Crippen LogP contribution in [0.2, 0.25) is 10.0 Å². The maximum atomic E-state index is 15.0. The Bertz CT molecular complexity index is 2380. The number of hydrogen-bond donors (Lipinski definition) is 0. The molecule has 2 aliphatic rings. The van der Waals surface area contributed by atoms with Gasteiger partial charge in [-0.2, -0.15) is 4.31 Å². The number of benzene rings is 5. The average molecular weight is 757 g/mol. The van der Waals surface area contributed by atoms with Crippen LogP contribution in [0.3, 0.4) is 0 Å². The summed E-state index contributed by atoms with van der Waals surface area (Å²) in [5, 5.41) is 1.23. The van der Waals surface area contributed by atoms with Crippen molar-refractivity contribution in [2.24, 2.45) is 5.41 Å². The Morgan fingerprint density at radius 2 is 1.32 bits per heavy atom. The number of halogens is 2. The highest BCUT2D eigenvalue weighted by atomic mass is 35.5. The first kappa shape index (κ1) is 36.9. The molecule has 1 saturated carbocycles. The lowest BCUT2D eigenvalue weighted by Gasteiger charge is -2.38. The number of allylic oxidation sites excluding steroid dienone is 2. The van der Waals surface area contributed by atoms with Gasteiger partial charge in [0, 0.05) is 28.5 Å². The third kappa shape index (κ3) is 6.16. The topological polar surface area (TPSA) is 37.4 Å². The summed E-state index contributed by atoms with van der Waals surface area (Å²) in [7, 11) is -4.01. The van der Waals surface area contributed by atoms with Gasteiger partial charge in [0.25, 0.3) is 0 Å². The molecule has 0 aromatic heterocycles. The Kier molecular flexibility index (Phi) is 9.80. The Balaban J connectivity index is 1.72. The van der Waals surface area contributed by atoms with Crippen molar-refractivity contribution in [1.82, 2.24) is 4.31 Å². The molecule has 0 amide bonds. The lowest BCUT2D eigenvalue weighted by molar-refractivity contribution is 0.378. The Morgan fingerprint density at radius 3 is 1.87 bits per heavy atom. The highest BCUT2D eigenvalue weighted by Crippen LogP contribution is 2.70. The molecule has 0 aliphatic heterocycles. The number of fused-ring (bicyclic) bond motifs is 3. The first-order valence-electron chi connectivity index (χ1n) is 17.9. The molecule has 7 rings (SSSR count). The molecule has 0 radical (unpaired) electrons. The van der Waals surface area contributed by atoms with E-state index in [9.17, 15) is 8.42 Å². The molecule has 3 nitrogen and oxygen atoms in total. The number of aryl methyl sites for hydroxylation is 1. The third-order valence-corrected chi connectivity index (χ3v) is 13.0. The van der Waals surface area contributed by atoms with E-state index in [-0.39, 0.29) is 18.0 Å².